The Labute approximate surface area is 99.5 Å². The van der Waals surface area contributed by atoms with E-state index in [4.69, 9.17) is 9.47 Å². The highest BCUT2D eigenvalue weighted by Gasteiger charge is 2.17. The SMILES string of the molecule is CC(C)=C(C(=O)O)c1ccc2c(c1)OCCO2. The Morgan fingerprint density at radius 2 is 1.82 bits per heavy atom. The van der Waals surface area contributed by atoms with Crippen LogP contribution >= 0.6 is 0 Å². The number of carboxylic acid groups (broad SMARTS) is 1. The molecule has 90 valence electrons. The molecule has 0 radical (unpaired) electrons. The van der Waals surface area contributed by atoms with Crippen LogP contribution in [-0.4, -0.2) is 24.3 Å². The predicted molar refractivity (Wildman–Crippen MR) is 63.3 cm³/mol. The minimum Gasteiger partial charge on any atom is -0.486 e. The van der Waals surface area contributed by atoms with Crippen LogP contribution in [0.25, 0.3) is 5.57 Å². The molecule has 0 aromatic heterocycles. The van der Waals surface area contributed by atoms with Crippen molar-refractivity contribution in [3.8, 4) is 11.5 Å². The van der Waals surface area contributed by atoms with Crippen LogP contribution < -0.4 is 9.47 Å². The van der Waals surface area contributed by atoms with Gasteiger partial charge in [-0.1, -0.05) is 11.6 Å². The van der Waals surface area contributed by atoms with Gasteiger partial charge in [0.25, 0.3) is 0 Å². The second-order valence-corrected chi connectivity index (χ2v) is 4.04. The van der Waals surface area contributed by atoms with Gasteiger partial charge in [0.2, 0.25) is 0 Å². The van der Waals surface area contributed by atoms with E-state index in [2.05, 4.69) is 0 Å². The molecule has 2 rings (SSSR count). The normalized spacial score (nSPS) is 13.1. The van der Waals surface area contributed by atoms with Gasteiger partial charge in [-0.05, 0) is 31.5 Å². The maximum absolute atomic E-state index is 11.2. The Balaban J connectivity index is 2.46. The zero-order chi connectivity index (χ0) is 12.4. The van der Waals surface area contributed by atoms with Gasteiger partial charge in [0, 0.05) is 0 Å². The Kier molecular flexibility index (Phi) is 3.04. The fraction of sp³-hybridized carbons (Fsp3) is 0.308. The summed E-state index contributed by atoms with van der Waals surface area (Å²) in [4.78, 5) is 11.2. The summed E-state index contributed by atoms with van der Waals surface area (Å²) in [6, 6.07) is 5.20. The van der Waals surface area contributed by atoms with Crippen molar-refractivity contribution < 1.29 is 19.4 Å². The molecule has 1 N–H and O–H groups in total. The molecule has 4 nitrogen and oxygen atoms in total. The first-order valence-corrected chi connectivity index (χ1v) is 5.40. The summed E-state index contributed by atoms with van der Waals surface area (Å²) in [5.74, 6) is 0.342. The van der Waals surface area contributed by atoms with Crippen molar-refractivity contribution >= 4 is 11.5 Å². The number of rotatable bonds is 2. The van der Waals surface area contributed by atoms with E-state index < -0.39 is 5.97 Å². The standard InChI is InChI=1S/C13H14O4/c1-8(2)12(13(14)15)9-3-4-10-11(7-9)17-6-5-16-10/h3-4,7H,5-6H2,1-2H3,(H,14,15). The average Bonchev–Trinajstić information content (AvgIpc) is 2.28. The first-order chi connectivity index (χ1) is 8.09. The summed E-state index contributed by atoms with van der Waals surface area (Å²) in [6.45, 7) is 4.58. The van der Waals surface area contributed by atoms with Crippen LogP contribution in [0.3, 0.4) is 0 Å². The molecular weight excluding hydrogens is 220 g/mol. The van der Waals surface area contributed by atoms with Crippen LogP contribution in [-0.2, 0) is 4.79 Å². The lowest BCUT2D eigenvalue weighted by Crippen LogP contribution is -2.15. The summed E-state index contributed by atoms with van der Waals surface area (Å²) in [5, 5.41) is 9.17. The van der Waals surface area contributed by atoms with Crippen LogP contribution in [0.2, 0.25) is 0 Å². The minimum atomic E-state index is -0.929. The van der Waals surface area contributed by atoms with Gasteiger partial charge in [0.15, 0.2) is 11.5 Å². The second-order valence-electron chi connectivity index (χ2n) is 4.04. The van der Waals surface area contributed by atoms with Crippen molar-refractivity contribution in [3.05, 3.63) is 29.3 Å². The molecule has 1 aliphatic rings. The maximum Gasteiger partial charge on any atom is 0.336 e. The fourth-order valence-electron chi connectivity index (χ4n) is 1.82. The highest BCUT2D eigenvalue weighted by Crippen LogP contribution is 2.33. The monoisotopic (exact) mass is 234 g/mol. The van der Waals surface area contributed by atoms with Crippen molar-refractivity contribution in [2.45, 2.75) is 13.8 Å². The van der Waals surface area contributed by atoms with Gasteiger partial charge in [-0.15, -0.1) is 0 Å². The van der Waals surface area contributed by atoms with Gasteiger partial charge < -0.3 is 14.6 Å². The van der Waals surface area contributed by atoms with Crippen LogP contribution in [0, 0.1) is 0 Å². The predicted octanol–water partition coefficient (Wildman–Crippen LogP) is 2.34. The number of hydrogen-bond donors (Lipinski definition) is 1. The van der Waals surface area contributed by atoms with Crippen molar-refractivity contribution in [2.75, 3.05) is 13.2 Å². The van der Waals surface area contributed by atoms with Crippen molar-refractivity contribution in [1.29, 1.82) is 0 Å². The van der Waals surface area contributed by atoms with Crippen LogP contribution in [0.5, 0.6) is 11.5 Å². The number of fused-ring (bicyclic) bond motifs is 1. The van der Waals surface area contributed by atoms with Gasteiger partial charge in [-0.2, -0.15) is 0 Å². The summed E-state index contributed by atoms with van der Waals surface area (Å²) in [7, 11) is 0. The van der Waals surface area contributed by atoms with Gasteiger partial charge in [-0.3, -0.25) is 0 Å². The summed E-state index contributed by atoms with van der Waals surface area (Å²) < 4.78 is 10.8. The molecule has 4 heteroatoms. The first kappa shape index (κ1) is 11.5. The molecule has 0 saturated carbocycles. The smallest absolute Gasteiger partial charge is 0.336 e. The third kappa shape index (κ3) is 2.25. The molecular formula is C13H14O4. The topological polar surface area (TPSA) is 55.8 Å². The molecule has 1 heterocycles. The molecule has 0 fully saturated rings. The van der Waals surface area contributed by atoms with Crippen LogP contribution in [0.15, 0.2) is 23.8 Å². The quantitative estimate of drug-likeness (QED) is 0.798. The lowest BCUT2D eigenvalue weighted by atomic mass is 10.0. The number of benzene rings is 1. The van der Waals surface area contributed by atoms with Crippen LogP contribution in [0.4, 0.5) is 0 Å². The van der Waals surface area contributed by atoms with Crippen molar-refractivity contribution in [2.24, 2.45) is 0 Å². The molecule has 1 aromatic carbocycles. The molecule has 0 unspecified atom stereocenters. The zero-order valence-corrected chi connectivity index (χ0v) is 9.82. The summed E-state index contributed by atoms with van der Waals surface area (Å²) in [6.07, 6.45) is 0. The lowest BCUT2D eigenvalue weighted by molar-refractivity contribution is -0.130. The van der Waals surface area contributed by atoms with Gasteiger partial charge in [0.1, 0.15) is 13.2 Å². The summed E-state index contributed by atoms with van der Waals surface area (Å²) >= 11 is 0. The lowest BCUT2D eigenvalue weighted by Gasteiger charge is -2.19. The van der Waals surface area contributed by atoms with Gasteiger partial charge in [0.05, 0.1) is 5.57 Å². The summed E-state index contributed by atoms with van der Waals surface area (Å²) in [5.41, 5.74) is 1.71. The second kappa shape index (κ2) is 4.49. The van der Waals surface area contributed by atoms with E-state index in [0.29, 0.717) is 35.8 Å². The number of hydrogen-bond acceptors (Lipinski definition) is 3. The van der Waals surface area contributed by atoms with Gasteiger partial charge >= 0.3 is 5.97 Å². The third-order valence-electron chi connectivity index (χ3n) is 2.54. The molecule has 17 heavy (non-hydrogen) atoms. The molecule has 0 atom stereocenters. The Morgan fingerprint density at radius 1 is 1.18 bits per heavy atom. The molecule has 0 aliphatic carbocycles. The Bertz CT molecular complexity index is 484. The minimum absolute atomic E-state index is 0.307. The highest BCUT2D eigenvalue weighted by molar-refractivity contribution is 6.16. The zero-order valence-electron chi connectivity index (χ0n) is 9.82. The number of carbonyl (C=O) groups is 1. The molecule has 1 aromatic rings. The van der Waals surface area contributed by atoms with E-state index in [-0.39, 0.29) is 0 Å². The van der Waals surface area contributed by atoms with Crippen molar-refractivity contribution in [3.63, 3.8) is 0 Å². The number of aliphatic carboxylic acids is 1. The Morgan fingerprint density at radius 3 is 2.41 bits per heavy atom. The number of allylic oxidation sites excluding steroid dienone is 1. The van der Waals surface area contributed by atoms with E-state index in [1.165, 1.54) is 0 Å². The fourth-order valence-corrected chi connectivity index (χ4v) is 1.82. The van der Waals surface area contributed by atoms with E-state index in [1.807, 2.05) is 0 Å². The van der Waals surface area contributed by atoms with Crippen LogP contribution in [0.1, 0.15) is 19.4 Å². The first-order valence-electron chi connectivity index (χ1n) is 5.40. The number of ether oxygens (including phenoxy) is 2. The third-order valence-corrected chi connectivity index (χ3v) is 2.54. The van der Waals surface area contributed by atoms with E-state index in [1.54, 1.807) is 32.0 Å². The maximum atomic E-state index is 11.2. The van der Waals surface area contributed by atoms with Crippen molar-refractivity contribution in [1.82, 2.24) is 0 Å². The molecule has 0 bridgehead atoms. The van der Waals surface area contributed by atoms with E-state index in [9.17, 15) is 9.90 Å². The molecule has 1 aliphatic heterocycles. The largest absolute Gasteiger partial charge is 0.486 e. The number of carboxylic acids is 1. The highest BCUT2D eigenvalue weighted by atomic mass is 16.6. The molecule has 0 saturated heterocycles. The van der Waals surface area contributed by atoms with E-state index >= 15 is 0 Å². The molecule has 0 amide bonds. The van der Waals surface area contributed by atoms with E-state index in [0.717, 1.165) is 5.57 Å². The molecule has 0 spiro atoms. The van der Waals surface area contributed by atoms with Gasteiger partial charge in [-0.25, -0.2) is 4.79 Å². The average molecular weight is 234 g/mol. The Hall–Kier alpha value is -1.97.